The van der Waals surface area contributed by atoms with E-state index in [1.54, 1.807) is 12.1 Å². The number of ether oxygens (including phenoxy) is 1. The third-order valence-corrected chi connectivity index (χ3v) is 2.87. The lowest BCUT2D eigenvalue weighted by Gasteiger charge is -2.17. The molecule has 0 aliphatic carbocycles. The molecular weight excluding hydrogens is 249 g/mol. The molecule has 0 radical (unpaired) electrons. The summed E-state index contributed by atoms with van der Waals surface area (Å²) in [5.41, 5.74) is 0.526. The molecule has 1 heterocycles. The van der Waals surface area contributed by atoms with Gasteiger partial charge in [0.25, 0.3) is 0 Å². The molecule has 5 nitrogen and oxygen atoms in total. The molecule has 2 aromatic rings. The third kappa shape index (κ3) is 3.29. The molecule has 6 heteroatoms. The number of nitrogens with one attached hydrogen (secondary N) is 1. The van der Waals surface area contributed by atoms with Crippen LogP contribution in [-0.2, 0) is 6.42 Å². The molecule has 0 bridgehead atoms. The van der Waals surface area contributed by atoms with E-state index in [2.05, 4.69) is 20.0 Å². The van der Waals surface area contributed by atoms with Crippen molar-refractivity contribution in [3.63, 3.8) is 0 Å². The number of nitrogens with zero attached hydrogens (tertiary/aromatic N) is 2. The van der Waals surface area contributed by atoms with E-state index in [0.29, 0.717) is 30.1 Å². The Kier molecular flexibility index (Phi) is 4.46. The predicted octanol–water partition coefficient (Wildman–Crippen LogP) is 2.11. The Balaban J connectivity index is 1.97. The SMILES string of the molecule is COc1cccc(F)c1C(C)NCCc1ncon1. The molecule has 2 rings (SSSR count). The molecule has 19 heavy (non-hydrogen) atoms. The van der Waals surface area contributed by atoms with Crippen LogP contribution in [-0.4, -0.2) is 23.8 Å². The van der Waals surface area contributed by atoms with Gasteiger partial charge < -0.3 is 14.6 Å². The van der Waals surface area contributed by atoms with Gasteiger partial charge in [0.2, 0.25) is 6.39 Å². The summed E-state index contributed by atoms with van der Waals surface area (Å²) in [4.78, 5) is 3.92. The van der Waals surface area contributed by atoms with Gasteiger partial charge >= 0.3 is 0 Å². The van der Waals surface area contributed by atoms with Gasteiger partial charge in [-0.25, -0.2) is 4.39 Å². The van der Waals surface area contributed by atoms with Gasteiger partial charge in [-0.05, 0) is 19.1 Å². The summed E-state index contributed by atoms with van der Waals surface area (Å²) in [6.07, 6.45) is 1.91. The summed E-state index contributed by atoms with van der Waals surface area (Å²) >= 11 is 0. The van der Waals surface area contributed by atoms with E-state index in [1.165, 1.54) is 19.6 Å². The molecule has 0 aliphatic heterocycles. The molecule has 1 aromatic carbocycles. The minimum atomic E-state index is -0.279. The first-order valence-corrected chi connectivity index (χ1v) is 6.03. The molecular formula is C13H16FN3O2. The summed E-state index contributed by atoms with van der Waals surface area (Å²) in [6.45, 7) is 2.51. The zero-order valence-electron chi connectivity index (χ0n) is 10.9. The van der Waals surface area contributed by atoms with Crippen molar-refractivity contribution in [1.29, 1.82) is 0 Å². The van der Waals surface area contributed by atoms with E-state index in [1.807, 2.05) is 6.92 Å². The number of hydrogen-bond acceptors (Lipinski definition) is 5. The Morgan fingerprint density at radius 3 is 3.00 bits per heavy atom. The van der Waals surface area contributed by atoms with E-state index in [-0.39, 0.29) is 11.9 Å². The Bertz CT molecular complexity index is 517. The van der Waals surface area contributed by atoms with Gasteiger partial charge in [-0.2, -0.15) is 4.98 Å². The Morgan fingerprint density at radius 2 is 2.32 bits per heavy atom. The highest BCUT2D eigenvalue weighted by Crippen LogP contribution is 2.27. The fourth-order valence-corrected chi connectivity index (χ4v) is 1.92. The summed E-state index contributed by atoms with van der Waals surface area (Å²) in [5.74, 6) is 0.888. The second-order valence-electron chi connectivity index (χ2n) is 4.13. The van der Waals surface area contributed by atoms with Crippen molar-refractivity contribution in [1.82, 2.24) is 15.5 Å². The van der Waals surface area contributed by atoms with Crippen LogP contribution >= 0.6 is 0 Å². The van der Waals surface area contributed by atoms with Crippen LogP contribution in [0.5, 0.6) is 5.75 Å². The van der Waals surface area contributed by atoms with E-state index in [0.717, 1.165) is 0 Å². The van der Waals surface area contributed by atoms with E-state index >= 15 is 0 Å². The number of hydrogen-bond donors (Lipinski definition) is 1. The van der Waals surface area contributed by atoms with Gasteiger partial charge in [-0.1, -0.05) is 11.2 Å². The predicted molar refractivity (Wildman–Crippen MR) is 67.4 cm³/mol. The van der Waals surface area contributed by atoms with Crippen molar-refractivity contribution in [3.8, 4) is 5.75 Å². The standard InChI is InChI=1S/C13H16FN3O2/c1-9(15-7-6-12-16-8-19-17-12)13-10(14)4-3-5-11(13)18-2/h3-5,8-9,15H,6-7H2,1-2H3. The van der Waals surface area contributed by atoms with E-state index in [9.17, 15) is 4.39 Å². The lowest BCUT2D eigenvalue weighted by Crippen LogP contribution is -2.23. The van der Waals surface area contributed by atoms with Crippen molar-refractivity contribution in [2.45, 2.75) is 19.4 Å². The summed E-state index contributed by atoms with van der Waals surface area (Å²) in [7, 11) is 1.53. The molecule has 0 saturated heterocycles. The highest BCUT2D eigenvalue weighted by Gasteiger charge is 2.15. The van der Waals surface area contributed by atoms with Gasteiger partial charge in [0.05, 0.1) is 7.11 Å². The zero-order valence-corrected chi connectivity index (χ0v) is 10.9. The highest BCUT2D eigenvalue weighted by atomic mass is 19.1. The number of methoxy groups -OCH3 is 1. The van der Waals surface area contributed by atoms with Crippen molar-refractivity contribution < 1.29 is 13.7 Å². The maximum atomic E-state index is 13.8. The molecule has 0 spiro atoms. The Labute approximate surface area is 110 Å². The molecule has 102 valence electrons. The van der Waals surface area contributed by atoms with Crippen LogP contribution in [0.4, 0.5) is 4.39 Å². The largest absolute Gasteiger partial charge is 0.496 e. The average Bonchev–Trinajstić information content (AvgIpc) is 2.91. The Morgan fingerprint density at radius 1 is 1.47 bits per heavy atom. The van der Waals surface area contributed by atoms with Crippen LogP contribution in [0, 0.1) is 5.82 Å². The average molecular weight is 265 g/mol. The summed E-state index contributed by atoms with van der Waals surface area (Å²) in [5, 5.41) is 6.92. The number of benzene rings is 1. The molecule has 1 aromatic heterocycles. The number of halogens is 1. The summed E-state index contributed by atoms with van der Waals surface area (Å²) in [6, 6.07) is 4.64. The number of aromatic nitrogens is 2. The van der Waals surface area contributed by atoms with E-state index in [4.69, 9.17) is 4.74 Å². The lowest BCUT2D eigenvalue weighted by atomic mass is 10.1. The van der Waals surface area contributed by atoms with Crippen LogP contribution in [0.1, 0.15) is 24.4 Å². The minimum absolute atomic E-state index is 0.164. The van der Waals surface area contributed by atoms with Crippen LogP contribution in [0.15, 0.2) is 29.1 Å². The molecule has 0 saturated carbocycles. The molecule has 1 unspecified atom stereocenters. The fraction of sp³-hybridized carbons (Fsp3) is 0.385. The monoisotopic (exact) mass is 265 g/mol. The zero-order chi connectivity index (χ0) is 13.7. The van der Waals surface area contributed by atoms with Crippen molar-refractivity contribution >= 4 is 0 Å². The normalized spacial score (nSPS) is 12.4. The topological polar surface area (TPSA) is 60.2 Å². The molecule has 0 fully saturated rings. The van der Waals surface area contributed by atoms with Crippen molar-refractivity contribution in [2.24, 2.45) is 0 Å². The first-order valence-electron chi connectivity index (χ1n) is 6.03. The fourth-order valence-electron chi connectivity index (χ4n) is 1.92. The lowest BCUT2D eigenvalue weighted by molar-refractivity contribution is 0.392. The van der Waals surface area contributed by atoms with Gasteiger partial charge in [0, 0.05) is 24.6 Å². The van der Waals surface area contributed by atoms with Crippen LogP contribution in [0.3, 0.4) is 0 Å². The molecule has 0 amide bonds. The van der Waals surface area contributed by atoms with Gasteiger partial charge in [0.1, 0.15) is 11.6 Å². The number of rotatable bonds is 6. The maximum absolute atomic E-state index is 13.8. The van der Waals surface area contributed by atoms with E-state index < -0.39 is 0 Å². The molecule has 1 atom stereocenters. The van der Waals surface area contributed by atoms with Crippen molar-refractivity contribution in [3.05, 3.63) is 41.8 Å². The first-order chi connectivity index (χ1) is 9.22. The highest BCUT2D eigenvalue weighted by molar-refractivity contribution is 5.36. The van der Waals surface area contributed by atoms with Gasteiger partial charge in [-0.3, -0.25) is 0 Å². The minimum Gasteiger partial charge on any atom is -0.496 e. The Hall–Kier alpha value is -1.95. The summed E-state index contributed by atoms with van der Waals surface area (Å²) < 4.78 is 23.7. The van der Waals surface area contributed by atoms with Crippen LogP contribution < -0.4 is 10.1 Å². The maximum Gasteiger partial charge on any atom is 0.213 e. The smallest absolute Gasteiger partial charge is 0.213 e. The molecule has 1 N–H and O–H groups in total. The second kappa shape index (κ2) is 6.29. The quantitative estimate of drug-likeness (QED) is 0.866. The van der Waals surface area contributed by atoms with Gasteiger partial charge in [-0.15, -0.1) is 0 Å². The van der Waals surface area contributed by atoms with Crippen LogP contribution in [0.2, 0.25) is 0 Å². The second-order valence-corrected chi connectivity index (χ2v) is 4.13. The molecule has 0 aliphatic rings. The third-order valence-electron chi connectivity index (χ3n) is 2.87. The first kappa shape index (κ1) is 13.5. The van der Waals surface area contributed by atoms with Crippen molar-refractivity contribution in [2.75, 3.05) is 13.7 Å². The van der Waals surface area contributed by atoms with Gasteiger partial charge in [0.15, 0.2) is 5.82 Å². The van der Waals surface area contributed by atoms with Crippen LogP contribution in [0.25, 0.3) is 0 Å².